The second-order valence-electron chi connectivity index (χ2n) is 6.20. The van der Waals surface area contributed by atoms with Gasteiger partial charge in [-0.1, -0.05) is 30.3 Å². The molecule has 138 valence electrons. The lowest BCUT2D eigenvalue weighted by Gasteiger charge is -2.09. The number of hydrogen-bond acceptors (Lipinski definition) is 5. The number of H-pyrrole nitrogens is 1. The maximum Gasteiger partial charge on any atom is 0.274 e. The molecular weight excluding hydrogens is 356 g/mol. The van der Waals surface area contributed by atoms with Crippen molar-refractivity contribution in [2.75, 3.05) is 0 Å². The summed E-state index contributed by atoms with van der Waals surface area (Å²) in [6.45, 7) is 0.279. The Balaban J connectivity index is 1.70. The van der Waals surface area contributed by atoms with Gasteiger partial charge in [0.05, 0.1) is 11.7 Å². The minimum Gasteiger partial charge on any atom is -0.505 e. The van der Waals surface area contributed by atoms with Crippen molar-refractivity contribution in [1.82, 2.24) is 20.3 Å². The first kappa shape index (κ1) is 17.4. The predicted molar refractivity (Wildman–Crippen MR) is 105 cm³/mol. The van der Waals surface area contributed by atoms with Gasteiger partial charge in [-0.15, -0.1) is 0 Å². The van der Waals surface area contributed by atoms with E-state index >= 15 is 0 Å². The zero-order valence-electron chi connectivity index (χ0n) is 14.7. The number of aromatic nitrogens is 3. The normalized spacial score (nSPS) is 10.7. The highest BCUT2D eigenvalue weighted by Crippen LogP contribution is 2.28. The molecule has 0 unspecified atom stereocenters. The van der Waals surface area contributed by atoms with Gasteiger partial charge in [0.25, 0.3) is 11.5 Å². The van der Waals surface area contributed by atoms with Gasteiger partial charge < -0.3 is 15.4 Å². The van der Waals surface area contributed by atoms with Gasteiger partial charge in [0.1, 0.15) is 0 Å². The largest absolute Gasteiger partial charge is 0.505 e. The van der Waals surface area contributed by atoms with Gasteiger partial charge in [0.2, 0.25) is 0 Å². The molecule has 7 nitrogen and oxygen atoms in total. The van der Waals surface area contributed by atoms with E-state index in [2.05, 4.69) is 20.3 Å². The molecule has 0 saturated heterocycles. The molecule has 3 heterocycles. The molecule has 0 aliphatic carbocycles. The third kappa shape index (κ3) is 3.33. The van der Waals surface area contributed by atoms with Crippen LogP contribution < -0.4 is 10.9 Å². The van der Waals surface area contributed by atoms with Crippen molar-refractivity contribution in [2.24, 2.45) is 0 Å². The van der Waals surface area contributed by atoms with Crippen LogP contribution in [0.3, 0.4) is 0 Å². The third-order valence-electron chi connectivity index (χ3n) is 4.38. The molecule has 0 saturated carbocycles. The fourth-order valence-corrected chi connectivity index (χ4v) is 2.93. The summed E-state index contributed by atoms with van der Waals surface area (Å²) in [6.07, 6.45) is 4.63. The fraction of sp³-hybridized carbons (Fsp3) is 0.0476. The number of nitrogens with zero attached hydrogens (tertiary/aromatic N) is 2. The second kappa shape index (κ2) is 7.32. The number of aromatic amines is 1. The molecular formula is C21H16N4O3. The van der Waals surface area contributed by atoms with Crippen molar-refractivity contribution in [3.05, 3.63) is 88.7 Å². The number of aromatic hydroxyl groups is 1. The summed E-state index contributed by atoms with van der Waals surface area (Å²) in [5, 5.41) is 13.7. The van der Waals surface area contributed by atoms with E-state index in [-0.39, 0.29) is 23.5 Å². The van der Waals surface area contributed by atoms with Gasteiger partial charge in [0.15, 0.2) is 11.4 Å². The maximum absolute atomic E-state index is 12.5. The van der Waals surface area contributed by atoms with Crippen LogP contribution in [-0.2, 0) is 6.54 Å². The molecule has 0 spiro atoms. The number of carbonyl (C=O) groups is 1. The van der Waals surface area contributed by atoms with Crippen LogP contribution >= 0.6 is 0 Å². The molecule has 0 radical (unpaired) electrons. The van der Waals surface area contributed by atoms with Crippen LogP contribution in [0.1, 0.15) is 16.1 Å². The van der Waals surface area contributed by atoms with Crippen molar-refractivity contribution in [3.8, 4) is 16.9 Å². The van der Waals surface area contributed by atoms with Crippen molar-refractivity contribution in [1.29, 1.82) is 0 Å². The van der Waals surface area contributed by atoms with Gasteiger partial charge in [-0.2, -0.15) is 0 Å². The Morgan fingerprint density at radius 3 is 2.61 bits per heavy atom. The highest BCUT2D eigenvalue weighted by atomic mass is 16.3. The van der Waals surface area contributed by atoms with Gasteiger partial charge in [-0.25, -0.2) is 4.98 Å². The number of fused-ring (bicyclic) bond motifs is 1. The van der Waals surface area contributed by atoms with Crippen LogP contribution in [0, 0.1) is 0 Å². The average molecular weight is 372 g/mol. The molecule has 0 bridgehead atoms. The van der Waals surface area contributed by atoms with E-state index in [0.29, 0.717) is 22.0 Å². The summed E-state index contributed by atoms with van der Waals surface area (Å²) < 4.78 is 0. The lowest BCUT2D eigenvalue weighted by molar-refractivity contribution is 0.0943. The molecule has 28 heavy (non-hydrogen) atoms. The Kier molecular flexibility index (Phi) is 4.55. The van der Waals surface area contributed by atoms with Gasteiger partial charge in [-0.05, 0) is 29.3 Å². The predicted octanol–water partition coefficient (Wildman–Crippen LogP) is 2.62. The summed E-state index contributed by atoms with van der Waals surface area (Å²) in [5.74, 6) is -0.790. The Hall–Kier alpha value is -4.00. The smallest absolute Gasteiger partial charge is 0.274 e. The molecule has 3 aromatic heterocycles. The standard InChI is InChI=1S/C21H16N4O3/c26-19-16-10-15(14-4-2-1-3-5-14)20(27)25-17(16)12-23-18(19)21(28)24-11-13-6-8-22-9-7-13/h1-10,12,26H,11H2,(H,24,28)(H,25,27). The molecule has 4 rings (SSSR count). The van der Waals surface area contributed by atoms with Crippen molar-refractivity contribution < 1.29 is 9.90 Å². The Morgan fingerprint density at radius 2 is 1.86 bits per heavy atom. The number of amides is 1. The molecule has 0 atom stereocenters. The molecule has 0 aliphatic heterocycles. The lowest BCUT2D eigenvalue weighted by Crippen LogP contribution is -2.24. The van der Waals surface area contributed by atoms with Crippen LogP contribution in [0.15, 0.2) is 71.9 Å². The van der Waals surface area contributed by atoms with Crippen LogP contribution in [-0.4, -0.2) is 26.0 Å². The summed E-state index contributed by atoms with van der Waals surface area (Å²) in [7, 11) is 0. The minimum absolute atomic E-state index is 0.104. The molecule has 4 aromatic rings. The fourth-order valence-electron chi connectivity index (χ4n) is 2.93. The molecule has 7 heteroatoms. The number of pyridine rings is 3. The van der Waals surface area contributed by atoms with Gasteiger partial charge in [-0.3, -0.25) is 14.6 Å². The van der Waals surface area contributed by atoms with E-state index in [4.69, 9.17) is 0 Å². The molecule has 1 aromatic carbocycles. The summed E-state index contributed by atoms with van der Waals surface area (Å²) in [4.78, 5) is 35.5. The first-order valence-electron chi connectivity index (χ1n) is 8.61. The highest BCUT2D eigenvalue weighted by Gasteiger charge is 2.17. The monoisotopic (exact) mass is 372 g/mol. The number of rotatable bonds is 4. The van der Waals surface area contributed by atoms with E-state index in [9.17, 15) is 14.7 Å². The van der Waals surface area contributed by atoms with E-state index < -0.39 is 5.91 Å². The Morgan fingerprint density at radius 1 is 1.11 bits per heavy atom. The Labute approximate surface area is 159 Å². The van der Waals surface area contributed by atoms with Crippen molar-refractivity contribution in [2.45, 2.75) is 6.54 Å². The summed E-state index contributed by atoms with van der Waals surface area (Å²) in [6, 6.07) is 14.2. The SMILES string of the molecule is O=C(NCc1ccncc1)c1ncc2[nH]c(=O)c(-c3ccccc3)cc2c1O. The zero-order chi connectivity index (χ0) is 19.5. The van der Waals surface area contributed by atoms with E-state index in [1.165, 1.54) is 6.20 Å². The topological polar surface area (TPSA) is 108 Å². The number of carbonyl (C=O) groups excluding carboxylic acids is 1. The van der Waals surface area contributed by atoms with Crippen molar-refractivity contribution >= 4 is 16.8 Å². The maximum atomic E-state index is 12.5. The van der Waals surface area contributed by atoms with Gasteiger partial charge in [0, 0.05) is 29.9 Å². The van der Waals surface area contributed by atoms with Gasteiger partial charge >= 0.3 is 0 Å². The highest BCUT2D eigenvalue weighted by molar-refractivity contribution is 6.01. The van der Waals surface area contributed by atoms with E-state index in [1.54, 1.807) is 42.7 Å². The lowest BCUT2D eigenvalue weighted by atomic mass is 10.0. The first-order chi connectivity index (χ1) is 13.6. The van der Waals surface area contributed by atoms with Crippen LogP contribution in [0.4, 0.5) is 0 Å². The number of nitrogens with one attached hydrogen (secondary N) is 2. The number of benzene rings is 1. The van der Waals surface area contributed by atoms with Crippen molar-refractivity contribution in [3.63, 3.8) is 0 Å². The minimum atomic E-state index is -0.510. The van der Waals surface area contributed by atoms with Crippen LogP contribution in [0.5, 0.6) is 5.75 Å². The first-order valence-corrected chi connectivity index (χ1v) is 8.61. The van der Waals surface area contributed by atoms with Crippen LogP contribution in [0.2, 0.25) is 0 Å². The third-order valence-corrected chi connectivity index (χ3v) is 4.38. The molecule has 0 aliphatic rings. The molecule has 0 fully saturated rings. The van der Waals surface area contributed by atoms with E-state index in [1.807, 2.05) is 18.2 Å². The average Bonchev–Trinajstić information content (AvgIpc) is 2.73. The quantitative estimate of drug-likeness (QED) is 0.510. The Bertz CT molecular complexity index is 1200. The summed E-state index contributed by atoms with van der Waals surface area (Å²) in [5.41, 5.74) is 1.94. The number of hydrogen-bond donors (Lipinski definition) is 3. The molecule has 3 N–H and O–H groups in total. The van der Waals surface area contributed by atoms with E-state index in [0.717, 1.165) is 5.56 Å². The zero-order valence-corrected chi connectivity index (χ0v) is 14.7. The summed E-state index contributed by atoms with van der Waals surface area (Å²) >= 11 is 0. The molecule has 1 amide bonds. The van der Waals surface area contributed by atoms with Crippen LogP contribution in [0.25, 0.3) is 22.0 Å². The second-order valence-corrected chi connectivity index (χ2v) is 6.20.